The Morgan fingerprint density at radius 3 is 2.94 bits per heavy atom. The number of aryl methyl sites for hydroxylation is 1. The predicted octanol–water partition coefficient (Wildman–Crippen LogP) is 2.70. The van der Waals surface area contributed by atoms with Gasteiger partial charge < -0.3 is 9.84 Å². The number of hydrogen-bond acceptors (Lipinski definition) is 3. The first-order valence-electron chi connectivity index (χ1n) is 6.75. The molecule has 1 fully saturated rings. The van der Waals surface area contributed by atoms with Gasteiger partial charge in [-0.1, -0.05) is 25.1 Å². The molecule has 1 heterocycles. The smallest absolute Gasteiger partial charge is 0.122 e. The van der Waals surface area contributed by atoms with E-state index in [0.717, 1.165) is 37.2 Å². The topological polar surface area (TPSA) is 32.7 Å². The molecule has 0 bridgehead atoms. The molecule has 2 rings (SSSR count). The van der Waals surface area contributed by atoms with Gasteiger partial charge in [0.1, 0.15) is 5.75 Å². The third-order valence-corrected chi connectivity index (χ3v) is 3.75. The lowest BCUT2D eigenvalue weighted by Gasteiger charge is -2.38. The lowest BCUT2D eigenvalue weighted by molar-refractivity contribution is -0.0593. The molecule has 100 valence electrons. The molecule has 0 aromatic heterocycles. The second-order valence-corrected chi connectivity index (χ2v) is 5.22. The largest absolute Gasteiger partial charge is 0.507 e. The maximum absolute atomic E-state index is 10.1. The molecule has 18 heavy (non-hydrogen) atoms. The van der Waals surface area contributed by atoms with E-state index in [1.807, 2.05) is 25.1 Å². The van der Waals surface area contributed by atoms with Crippen molar-refractivity contribution in [3.05, 3.63) is 29.3 Å². The maximum atomic E-state index is 10.1. The van der Waals surface area contributed by atoms with Gasteiger partial charge in [0, 0.05) is 24.7 Å². The second kappa shape index (κ2) is 5.72. The normalized spacial score (nSPS) is 25.3. The molecule has 1 saturated heterocycles. The molecule has 0 aliphatic carbocycles. The average molecular weight is 249 g/mol. The summed E-state index contributed by atoms with van der Waals surface area (Å²) in [7, 11) is 0. The van der Waals surface area contributed by atoms with Gasteiger partial charge >= 0.3 is 0 Å². The fraction of sp³-hybridized carbons (Fsp3) is 0.600. The molecule has 1 aromatic carbocycles. The van der Waals surface area contributed by atoms with Crippen molar-refractivity contribution in [2.45, 2.75) is 45.9 Å². The summed E-state index contributed by atoms with van der Waals surface area (Å²) < 4.78 is 5.70. The highest BCUT2D eigenvalue weighted by Crippen LogP contribution is 2.25. The summed E-state index contributed by atoms with van der Waals surface area (Å²) in [6.45, 7) is 8.77. The van der Waals surface area contributed by atoms with Crippen molar-refractivity contribution >= 4 is 0 Å². The number of phenols is 1. The number of phenolic OH excluding ortho intramolecular Hbond substituents is 1. The SMILES string of the molecule is CCC1COC(C)CN1Cc1cccc(C)c1O. The lowest BCUT2D eigenvalue weighted by Crippen LogP contribution is -2.47. The number of aromatic hydroxyl groups is 1. The first-order valence-corrected chi connectivity index (χ1v) is 6.75. The first-order chi connectivity index (χ1) is 8.61. The standard InChI is InChI=1S/C15H23NO2/c1-4-14-10-18-12(3)8-16(14)9-13-7-5-6-11(2)15(13)17/h5-7,12,14,17H,4,8-10H2,1-3H3. The fourth-order valence-corrected chi connectivity index (χ4v) is 2.55. The van der Waals surface area contributed by atoms with Crippen LogP contribution in [0.3, 0.4) is 0 Å². The van der Waals surface area contributed by atoms with Crippen LogP contribution >= 0.6 is 0 Å². The highest BCUT2D eigenvalue weighted by Gasteiger charge is 2.26. The van der Waals surface area contributed by atoms with Crippen LogP contribution in [0.5, 0.6) is 5.75 Å². The van der Waals surface area contributed by atoms with E-state index in [1.54, 1.807) is 0 Å². The number of rotatable bonds is 3. The molecular weight excluding hydrogens is 226 g/mol. The molecule has 0 saturated carbocycles. The minimum atomic E-state index is 0.278. The Labute approximate surface area is 109 Å². The van der Waals surface area contributed by atoms with Gasteiger partial charge in [-0.3, -0.25) is 4.90 Å². The molecular formula is C15H23NO2. The number of nitrogens with zero attached hydrogens (tertiary/aromatic N) is 1. The van der Waals surface area contributed by atoms with Crippen LogP contribution < -0.4 is 0 Å². The Morgan fingerprint density at radius 1 is 1.44 bits per heavy atom. The van der Waals surface area contributed by atoms with Gasteiger partial charge in [-0.2, -0.15) is 0 Å². The zero-order chi connectivity index (χ0) is 13.1. The number of morpholine rings is 1. The highest BCUT2D eigenvalue weighted by molar-refractivity contribution is 5.39. The fourth-order valence-electron chi connectivity index (χ4n) is 2.55. The highest BCUT2D eigenvalue weighted by atomic mass is 16.5. The number of benzene rings is 1. The van der Waals surface area contributed by atoms with Gasteiger partial charge in [0.2, 0.25) is 0 Å². The summed E-state index contributed by atoms with van der Waals surface area (Å²) in [5.41, 5.74) is 1.96. The van der Waals surface area contributed by atoms with Crippen LogP contribution in [0.25, 0.3) is 0 Å². The van der Waals surface area contributed by atoms with Crippen LogP contribution in [0.1, 0.15) is 31.4 Å². The van der Waals surface area contributed by atoms with Crippen LogP contribution in [0.4, 0.5) is 0 Å². The van der Waals surface area contributed by atoms with Gasteiger partial charge in [-0.15, -0.1) is 0 Å². The molecule has 1 aliphatic heterocycles. The summed E-state index contributed by atoms with van der Waals surface area (Å²) in [5.74, 6) is 0.437. The van der Waals surface area contributed by atoms with E-state index >= 15 is 0 Å². The van der Waals surface area contributed by atoms with Crippen molar-refractivity contribution < 1.29 is 9.84 Å². The number of hydrogen-bond donors (Lipinski definition) is 1. The molecule has 0 radical (unpaired) electrons. The third-order valence-electron chi connectivity index (χ3n) is 3.75. The lowest BCUT2D eigenvalue weighted by atomic mass is 10.1. The van der Waals surface area contributed by atoms with Gasteiger partial charge in [0.05, 0.1) is 12.7 Å². The van der Waals surface area contributed by atoms with Crippen molar-refractivity contribution in [1.29, 1.82) is 0 Å². The summed E-state index contributed by atoms with van der Waals surface area (Å²) in [6, 6.07) is 6.42. The Morgan fingerprint density at radius 2 is 2.22 bits per heavy atom. The van der Waals surface area contributed by atoms with Crippen LogP contribution in [0.15, 0.2) is 18.2 Å². The molecule has 1 aliphatic rings. The van der Waals surface area contributed by atoms with E-state index < -0.39 is 0 Å². The summed E-state index contributed by atoms with van der Waals surface area (Å²) in [6.07, 6.45) is 1.36. The molecule has 0 spiro atoms. The number of para-hydroxylation sites is 1. The van der Waals surface area contributed by atoms with E-state index in [9.17, 15) is 5.11 Å². The predicted molar refractivity (Wildman–Crippen MR) is 72.7 cm³/mol. The zero-order valence-corrected chi connectivity index (χ0v) is 11.5. The van der Waals surface area contributed by atoms with Crippen molar-refractivity contribution in [2.75, 3.05) is 13.2 Å². The molecule has 0 amide bonds. The van der Waals surface area contributed by atoms with Crippen molar-refractivity contribution in [3.8, 4) is 5.75 Å². The third kappa shape index (κ3) is 2.85. The van der Waals surface area contributed by atoms with Crippen molar-refractivity contribution in [1.82, 2.24) is 4.90 Å². The Bertz CT molecular complexity index is 405. The van der Waals surface area contributed by atoms with Crippen LogP contribution in [0, 0.1) is 6.92 Å². The Hall–Kier alpha value is -1.06. The van der Waals surface area contributed by atoms with Crippen molar-refractivity contribution in [2.24, 2.45) is 0 Å². The molecule has 2 unspecified atom stereocenters. The van der Waals surface area contributed by atoms with E-state index in [1.165, 1.54) is 0 Å². The quantitative estimate of drug-likeness (QED) is 0.894. The summed E-state index contributed by atoms with van der Waals surface area (Å²) >= 11 is 0. The Balaban J connectivity index is 2.13. The van der Waals surface area contributed by atoms with Gasteiger partial charge in [-0.05, 0) is 25.8 Å². The van der Waals surface area contributed by atoms with Crippen LogP contribution in [-0.2, 0) is 11.3 Å². The zero-order valence-electron chi connectivity index (χ0n) is 11.5. The van der Waals surface area contributed by atoms with Gasteiger partial charge in [0.25, 0.3) is 0 Å². The van der Waals surface area contributed by atoms with E-state index in [0.29, 0.717) is 11.8 Å². The molecule has 1 aromatic rings. The monoisotopic (exact) mass is 249 g/mol. The Kier molecular flexibility index (Phi) is 4.25. The van der Waals surface area contributed by atoms with E-state index in [2.05, 4.69) is 18.7 Å². The van der Waals surface area contributed by atoms with Crippen LogP contribution in [-0.4, -0.2) is 35.3 Å². The summed E-state index contributed by atoms with van der Waals surface area (Å²) in [4.78, 5) is 2.42. The first kappa shape index (κ1) is 13.4. The number of ether oxygens (including phenoxy) is 1. The van der Waals surface area contributed by atoms with Gasteiger partial charge in [0.15, 0.2) is 0 Å². The minimum Gasteiger partial charge on any atom is -0.507 e. The van der Waals surface area contributed by atoms with E-state index in [-0.39, 0.29) is 6.10 Å². The van der Waals surface area contributed by atoms with Gasteiger partial charge in [-0.25, -0.2) is 0 Å². The molecule has 1 N–H and O–H groups in total. The van der Waals surface area contributed by atoms with Crippen LogP contribution in [0.2, 0.25) is 0 Å². The summed E-state index contributed by atoms with van der Waals surface area (Å²) in [5, 5.41) is 10.1. The second-order valence-electron chi connectivity index (χ2n) is 5.22. The maximum Gasteiger partial charge on any atom is 0.122 e. The molecule has 3 heteroatoms. The molecule has 2 atom stereocenters. The minimum absolute atomic E-state index is 0.278. The molecule has 3 nitrogen and oxygen atoms in total. The average Bonchev–Trinajstić information content (AvgIpc) is 2.35. The van der Waals surface area contributed by atoms with Crippen molar-refractivity contribution in [3.63, 3.8) is 0 Å². The van der Waals surface area contributed by atoms with E-state index in [4.69, 9.17) is 4.74 Å².